The third kappa shape index (κ3) is 1.80. The minimum atomic E-state index is 0.0581. The summed E-state index contributed by atoms with van der Waals surface area (Å²) in [7, 11) is 0. The summed E-state index contributed by atoms with van der Waals surface area (Å²) in [5.74, 6) is 1.56. The molecule has 0 saturated heterocycles. The summed E-state index contributed by atoms with van der Waals surface area (Å²) in [4.78, 5) is 4.03. The Kier molecular flexibility index (Phi) is 2.65. The number of aryl methyl sites for hydroxylation is 1. The monoisotopic (exact) mass is 155 g/mol. The average molecular weight is 155 g/mol. The fourth-order valence-corrected chi connectivity index (χ4v) is 0.806. The van der Waals surface area contributed by atoms with Gasteiger partial charge in [0.1, 0.15) is 5.76 Å². The quantitative estimate of drug-likeness (QED) is 0.716. The van der Waals surface area contributed by atoms with E-state index in [1.54, 1.807) is 6.20 Å². The summed E-state index contributed by atoms with van der Waals surface area (Å²) >= 11 is 0. The summed E-state index contributed by atoms with van der Waals surface area (Å²) in [6.45, 7) is 4.00. The third-order valence-corrected chi connectivity index (χ3v) is 1.63. The first-order valence-electron chi connectivity index (χ1n) is 3.83. The number of aliphatic hydroxyl groups is 1. The van der Waals surface area contributed by atoms with Crippen LogP contribution < -0.4 is 0 Å². The van der Waals surface area contributed by atoms with Gasteiger partial charge in [0.05, 0.1) is 12.8 Å². The molecule has 0 amide bonds. The Morgan fingerprint density at radius 1 is 1.73 bits per heavy atom. The van der Waals surface area contributed by atoms with Crippen molar-refractivity contribution in [1.82, 2.24) is 4.98 Å². The highest BCUT2D eigenvalue weighted by molar-refractivity contribution is 5.00. The lowest BCUT2D eigenvalue weighted by molar-refractivity contribution is 0.255. The van der Waals surface area contributed by atoms with E-state index in [-0.39, 0.29) is 12.5 Å². The number of aliphatic hydroxyl groups excluding tert-OH is 1. The van der Waals surface area contributed by atoms with Crippen LogP contribution in [0, 0.1) is 0 Å². The van der Waals surface area contributed by atoms with Crippen molar-refractivity contribution in [1.29, 1.82) is 0 Å². The highest BCUT2D eigenvalue weighted by Crippen LogP contribution is 2.15. The summed E-state index contributed by atoms with van der Waals surface area (Å²) in [5.41, 5.74) is 0. The van der Waals surface area contributed by atoms with Gasteiger partial charge in [-0.05, 0) is 0 Å². The molecular weight excluding hydrogens is 142 g/mol. The fourth-order valence-electron chi connectivity index (χ4n) is 0.806. The molecule has 3 nitrogen and oxygen atoms in total. The van der Waals surface area contributed by atoms with E-state index < -0.39 is 0 Å². The molecule has 0 spiro atoms. The zero-order valence-corrected chi connectivity index (χ0v) is 6.87. The Morgan fingerprint density at radius 3 is 2.91 bits per heavy atom. The molecule has 0 saturated carbocycles. The first-order valence-corrected chi connectivity index (χ1v) is 3.83. The van der Waals surface area contributed by atoms with Crippen LogP contribution in [0.15, 0.2) is 10.6 Å². The van der Waals surface area contributed by atoms with Crippen LogP contribution in [0.5, 0.6) is 0 Å². The first kappa shape index (κ1) is 8.27. The minimum absolute atomic E-state index is 0.0581. The van der Waals surface area contributed by atoms with Crippen LogP contribution in [-0.4, -0.2) is 16.7 Å². The van der Waals surface area contributed by atoms with Gasteiger partial charge in [-0.3, -0.25) is 0 Å². The van der Waals surface area contributed by atoms with Gasteiger partial charge in [0.25, 0.3) is 0 Å². The number of rotatable bonds is 3. The maximum absolute atomic E-state index is 8.78. The van der Waals surface area contributed by atoms with Gasteiger partial charge in [0.2, 0.25) is 0 Å². The standard InChI is InChI=1S/C8H13NO2/c1-3-8-9-4-7(11-8)6(2)5-10/h4,6,10H,3,5H2,1-2H3. The van der Waals surface area contributed by atoms with Crippen molar-refractivity contribution in [2.45, 2.75) is 26.2 Å². The minimum Gasteiger partial charge on any atom is -0.445 e. The Morgan fingerprint density at radius 2 is 2.45 bits per heavy atom. The van der Waals surface area contributed by atoms with Crippen molar-refractivity contribution in [3.05, 3.63) is 17.8 Å². The van der Waals surface area contributed by atoms with Crippen LogP contribution in [0.25, 0.3) is 0 Å². The zero-order chi connectivity index (χ0) is 8.27. The first-order chi connectivity index (χ1) is 5.27. The molecule has 0 fully saturated rings. The van der Waals surface area contributed by atoms with Gasteiger partial charge in [-0.1, -0.05) is 13.8 Å². The number of hydrogen-bond acceptors (Lipinski definition) is 3. The van der Waals surface area contributed by atoms with E-state index in [4.69, 9.17) is 9.52 Å². The molecule has 11 heavy (non-hydrogen) atoms. The van der Waals surface area contributed by atoms with Gasteiger partial charge in [0, 0.05) is 12.3 Å². The summed E-state index contributed by atoms with van der Waals surface area (Å²) in [6, 6.07) is 0. The molecule has 1 rings (SSSR count). The van der Waals surface area contributed by atoms with E-state index in [1.807, 2.05) is 13.8 Å². The molecule has 1 N–H and O–H groups in total. The van der Waals surface area contributed by atoms with Gasteiger partial charge in [0.15, 0.2) is 5.89 Å². The molecule has 0 aromatic carbocycles. The number of aromatic nitrogens is 1. The molecule has 1 aromatic heterocycles. The number of nitrogens with zero attached hydrogens (tertiary/aromatic N) is 1. The third-order valence-electron chi connectivity index (χ3n) is 1.63. The Bertz CT molecular complexity index is 220. The summed E-state index contributed by atoms with van der Waals surface area (Å²) in [6.07, 6.45) is 2.48. The SMILES string of the molecule is CCc1ncc(C(C)CO)o1. The molecule has 0 aliphatic carbocycles. The van der Waals surface area contributed by atoms with Gasteiger partial charge in [-0.2, -0.15) is 0 Å². The largest absolute Gasteiger partial charge is 0.445 e. The average Bonchev–Trinajstić information content (AvgIpc) is 2.50. The van der Waals surface area contributed by atoms with E-state index in [2.05, 4.69) is 4.98 Å². The highest BCUT2D eigenvalue weighted by Gasteiger charge is 2.08. The van der Waals surface area contributed by atoms with Crippen LogP contribution in [0.2, 0.25) is 0 Å². The molecular formula is C8H13NO2. The van der Waals surface area contributed by atoms with Crippen LogP contribution in [-0.2, 0) is 6.42 Å². The Labute approximate surface area is 66.1 Å². The van der Waals surface area contributed by atoms with Crippen molar-refractivity contribution in [3.8, 4) is 0 Å². The van der Waals surface area contributed by atoms with Crippen molar-refractivity contribution < 1.29 is 9.52 Å². The fraction of sp³-hybridized carbons (Fsp3) is 0.625. The highest BCUT2D eigenvalue weighted by atomic mass is 16.4. The molecule has 1 heterocycles. The second-order valence-electron chi connectivity index (χ2n) is 2.59. The van der Waals surface area contributed by atoms with Crippen molar-refractivity contribution >= 4 is 0 Å². The molecule has 1 atom stereocenters. The van der Waals surface area contributed by atoms with Gasteiger partial charge in [-0.15, -0.1) is 0 Å². The molecule has 0 radical (unpaired) electrons. The number of oxazole rings is 1. The van der Waals surface area contributed by atoms with E-state index in [0.29, 0.717) is 0 Å². The Hall–Kier alpha value is -0.830. The maximum atomic E-state index is 8.78. The molecule has 0 aliphatic heterocycles. The number of hydrogen-bond donors (Lipinski definition) is 1. The summed E-state index contributed by atoms with van der Waals surface area (Å²) < 4.78 is 5.31. The van der Waals surface area contributed by atoms with Gasteiger partial charge < -0.3 is 9.52 Å². The predicted octanol–water partition coefficient (Wildman–Crippen LogP) is 1.33. The van der Waals surface area contributed by atoms with Gasteiger partial charge in [-0.25, -0.2) is 4.98 Å². The lowest BCUT2D eigenvalue weighted by atomic mass is 10.1. The smallest absolute Gasteiger partial charge is 0.194 e. The molecule has 0 bridgehead atoms. The lowest BCUT2D eigenvalue weighted by Crippen LogP contribution is -1.96. The second kappa shape index (κ2) is 3.53. The second-order valence-corrected chi connectivity index (χ2v) is 2.59. The van der Waals surface area contributed by atoms with Gasteiger partial charge >= 0.3 is 0 Å². The molecule has 62 valence electrons. The van der Waals surface area contributed by atoms with E-state index in [1.165, 1.54) is 0 Å². The lowest BCUT2D eigenvalue weighted by Gasteiger charge is -2.00. The topological polar surface area (TPSA) is 46.3 Å². The normalized spacial score (nSPS) is 13.4. The maximum Gasteiger partial charge on any atom is 0.194 e. The van der Waals surface area contributed by atoms with Crippen molar-refractivity contribution in [2.75, 3.05) is 6.61 Å². The summed E-state index contributed by atoms with van der Waals surface area (Å²) in [5, 5.41) is 8.78. The molecule has 3 heteroatoms. The van der Waals surface area contributed by atoms with Crippen LogP contribution >= 0.6 is 0 Å². The Balaban J connectivity index is 2.71. The van der Waals surface area contributed by atoms with Crippen molar-refractivity contribution in [2.24, 2.45) is 0 Å². The zero-order valence-electron chi connectivity index (χ0n) is 6.87. The van der Waals surface area contributed by atoms with Crippen LogP contribution in [0.4, 0.5) is 0 Å². The van der Waals surface area contributed by atoms with Crippen molar-refractivity contribution in [3.63, 3.8) is 0 Å². The molecule has 0 aliphatic rings. The molecule has 1 unspecified atom stereocenters. The van der Waals surface area contributed by atoms with Crippen LogP contribution in [0.3, 0.4) is 0 Å². The molecule has 1 aromatic rings. The van der Waals surface area contributed by atoms with Crippen LogP contribution in [0.1, 0.15) is 31.4 Å². The van der Waals surface area contributed by atoms with E-state index in [9.17, 15) is 0 Å². The van der Waals surface area contributed by atoms with E-state index in [0.717, 1.165) is 18.1 Å². The van der Waals surface area contributed by atoms with E-state index >= 15 is 0 Å². The predicted molar refractivity (Wildman–Crippen MR) is 41.4 cm³/mol.